The van der Waals surface area contributed by atoms with E-state index in [1.165, 1.54) is 17.0 Å². The predicted octanol–water partition coefficient (Wildman–Crippen LogP) is 2.49. The highest BCUT2D eigenvalue weighted by Crippen LogP contribution is 2.33. The lowest BCUT2D eigenvalue weighted by Crippen LogP contribution is -2.45. The van der Waals surface area contributed by atoms with Crippen molar-refractivity contribution in [1.82, 2.24) is 4.72 Å². The van der Waals surface area contributed by atoms with Gasteiger partial charge in [0, 0.05) is 20.0 Å². The molecule has 24 heavy (non-hydrogen) atoms. The molecule has 2 aromatic rings. The summed E-state index contributed by atoms with van der Waals surface area (Å²) in [6.07, 6.45) is -0.491. The number of nitrogens with one attached hydrogen (secondary N) is 1. The number of anilines is 1. The number of rotatable bonds is 5. The molecule has 1 unspecified atom stereocenters. The summed E-state index contributed by atoms with van der Waals surface area (Å²) in [5, 5.41) is 0. The highest BCUT2D eigenvalue weighted by Gasteiger charge is 2.32. The second-order valence-electron chi connectivity index (χ2n) is 5.22. The molecule has 1 aromatic carbocycles. The summed E-state index contributed by atoms with van der Waals surface area (Å²) in [7, 11) is -1.95. The Morgan fingerprint density at radius 3 is 2.75 bits per heavy atom. The maximum absolute atomic E-state index is 12.3. The number of benzene rings is 1. The largest absolute Gasteiger partial charge is 0.478 e. The van der Waals surface area contributed by atoms with Crippen LogP contribution in [-0.4, -0.2) is 34.0 Å². The number of thiophene rings is 1. The molecule has 0 bridgehead atoms. The van der Waals surface area contributed by atoms with Crippen molar-refractivity contribution >= 4 is 44.6 Å². The van der Waals surface area contributed by atoms with Crippen molar-refractivity contribution in [2.75, 3.05) is 18.5 Å². The van der Waals surface area contributed by atoms with Gasteiger partial charge in [-0.15, -0.1) is 11.3 Å². The number of hydrogen-bond acceptors (Lipinski definition) is 5. The number of para-hydroxylation sites is 2. The summed E-state index contributed by atoms with van der Waals surface area (Å²) in [5.74, 6) is 0.407. The van der Waals surface area contributed by atoms with Crippen LogP contribution in [0.25, 0.3) is 0 Å². The zero-order valence-corrected chi connectivity index (χ0v) is 15.1. The van der Waals surface area contributed by atoms with Gasteiger partial charge in [-0.25, -0.2) is 13.1 Å². The fourth-order valence-electron chi connectivity index (χ4n) is 2.39. The van der Waals surface area contributed by atoms with Crippen molar-refractivity contribution in [2.24, 2.45) is 0 Å². The molecule has 3 rings (SSSR count). The van der Waals surface area contributed by atoms with E-state index in [0.717, 1.165) is 11.3 Å². The lowest BCUT2D eigenvalue weighted by atomic mass is 10.1. The predicted molar refractivity (Wildman–Crippen MR) is 93.4 cm³/mol. The van der Waals surface area contributed by atoms with Crippen LogP contribution in [0.15, 0.2) is 40.6 Å². The summed E-state index contributed by atoms with van der Waals surface area (Å²) in [5.41, 5.74) is 0.701. The number of nitrogens with zero attached hydrogens (tertiary/aromatic N) is 1. The molecule has 9 heteroatoms. The zero-order chi connectivity index (χ0) is 17.3. The van der Waals surface area contributed by atoms with Crippen molar-refractivity contribution in [3.8, 4) is 5.75 Å². The molecule has 0 spiro atoms. The fraction of sp³-hybridized carbons (Fsp3) is 0.267. The van der Waals surface area contributed by atoms with E-state index in [0.29, 0.717) is 15.8 Å². The maximum atomic E-state index is 12.3. The first kappa shape index (κ1) is 17.2. The molecule has 0 fully saturated rings. The molecule has 1 atom stereocenters. The fourth-order valence-corrected chi connectivity index (χ4v) is 4.97. The Morgan fingerprint density at radius 1 is 1.29 bits per heavy atom. The SMILES string of the molecule is CN1C(=O)C(CCNS(=O)(=O)c2ccc(Cl)s2)Oc2ccccc21. The second kappa shape index (κ2) is 6.72. The lowest BCUT2D eigenvalue weighted by Gasteiger charge is -2.31. The Labute approximate surface area is 149 Å². The normalized spacial score (nSPS) is 17.5. The van der Waals surface area contributed by atoms with Gasteiger partial charge in [0.25, 0.3) is 5.91 Å². The number of carbonyl (C=O) groups excluding carboxylic acids is 1. The van der Waals surface area contributed by atoms with E-state index in [1.807, 2.05) is 12.1 Å². The third-order valence-electron chi connectivity index (χ3n) is 3.61. The average Bonchev–Trinajstić information content (AvgIpc) is 2.99. The quantitative estimate of drug-likeness (QED) is 0.856. The van der Waals surface area contributed by atoms with E-state index in [-0.39, 0.29) is 23.1 Å². The minimum absolute atomic E-state index is 0.0876. The van der Waals surface area contributed by atoms with E-state index in [1.54, 1.807) is 19.2 Å². The highest BCUT2D eigenvalue weighted by atomic mass is 35.5. The minimum Gasteiger partial charge on any atom is -0.478 e. The number of amides is 1. The van der Waals surface area contributed by atoms with Crippen LogP contribution in [0.2, 0.25) is 4.34 Å². The van der Waals surface area contributed by atoms with E-state index in [2.05, 4.69) is 4.72 Å². The second-order valence-corrected chi connectivity index (χ2v) is 8.93. The van der Waals surface area contributed by atoms with Gasteiger partial charge in [0.1, 0.15) is 9.96 Å². The van der Waals surface area contributed by atoms with Crippen LogP contribution in [-0.2, 0) is 14.8 Å². The van der Waals surface area contributed by atoms with Gasteiger partial charge < -0.3 is 9.64 Å². The molecule has 0 aliphatic carbocycles. The van der Waals surface area contributed by atoms with Gasteiger partial charge in [-0.2, -0.15) is 0 Å². The molecule has 0 saturated carbocycles. The molecule has 6 nitrogen and oxygen atoms in total. The van der Waals surface area contributed by atoms with Gasteiger partial charge in [0.2, 0.25) is 10.0 Å². The first-order valence-corrected chi connectivity index (χ1v) is 9.84. The number of ether oxygens (including phenoxy) is 1. The number of likely N-dealkylation sites (N-methyl/N-ethyl adjacent to an activating group) is 1. The molecule has 1 N–H and O–H groups in total. The molecule has 0 saturated heterocycles. The van der Waals surface area contributed by atoms with Crippen LogP contribution in [0.4, 0.5) is 5.69 Å². The third kappa shape index (κ3) is 3.41. The van der Waals surface area contributed by atoms with Crippen LogP contribution in [0.3, 0.4) is 0 Å². The number of halogens is 1. The Hall–Kier alpha value is -1.61. The molecular formula is C15H15ClN2O4S2. The van der Waals surface area contributed by atoms with Crippen LogP contribution in [0.1, 0.15) is 6.42 Å². The maximum Gasteiger partial charge on any atom is 0.267 e. The highest BCUT2D eigenvalue weighted by molar-refractivity contribution is 7.91. The van der Waals surface area contributed by atoms with E-state index in [4.69, 9.17) is 16.3 Å². The molecular weight excluding hydrogens is 372 g/mol. The summed E-state index contributed by atoms with van der Waals surface area (Å²) in [6.45, 7) is 0.0876. The Balaban J connectivity index is 1.64. The standard InChI is InChI=1S/C15H15ClN2O4S2/c1-18-10-4-2-3-5-11(10)22-12(15(18)19)8-9-17-24(20,21)14-7-6-13(16)23-14/h2-7,12,17H,8-9H2,1H3. The van der Waals surface area contributed by atoms with Crippen LogP contribution >= 0.6 is 22.9 Å². The number of sulfonamides is 1. The molecule has 1 aliphatic rings. The lowest BCUT2D eigenvalue weighted by molar-refractivity contribution is -0.126. The van der Waals surface area contributed by atoms with E-state index in [9.17, 15) is 13.2 Å². The van der Waals surface area contributed by atoms with Gasteiger partial charge in [0.15, 0.2) is 6.10 Å². The summed E-state index contributed by atoms with van der Waals surface area (Å²) in [4.78, 5) is 13.9. The molecule has 1 amide bonds. The number of carbonyl (C=O) groups is 1. The smallest absolute Gasteiger partial charge is 0.267 e. The monoisotopic (exact) mass is 386 g/mol. The van der Waals surface area contributed by atoms with Crippen LogP contribution in [0, 0.1) is 0 Å². The Bertz CT molecular complexity index is 866. The Morgan fingerprint density at radius 2 is 2.04 bits per heavy atom. The molecule has 1 aromatic heterocycles. The van der Waals surface area contributed by atoms with Crippen molar-refractivity contribution in [3.05, 3.63) is 40.7 Å². The zero-order valence-electron chi connectivity index (χ0n) is 12.7. The molecule has 128 valence electrons. The molecule has 0 radical (unpaired) electrons. The van der Waals surface area contributed by atoms with Crippen molar-refractivity contribution < 1.29 is 17.9 Å². The molecule has 1 aliphatic heterocycles. The third-order valence-corrected chi connectivity index (χ3v) is 6.80. The van der Waals surface area contributed by atoms with E-state index < -0.39 is 16.1 Å². The average molecular weight is 387 g/mol. The van der Waals surface area contributed by atoms with Crippen LogP contribution < -0.4 is 14.4 Å². The van der Waals surface area contributed by atoms with Gasteiger partial charge in [-0.3, -0.25) is 4.79 Å². The molecule has 2 heterocycles. The minimum atomic E-state index is -3.63. The van der Waals surface area contributed by atoms with Crippen molar-refractivity contribution in [1.29, 1.82) is 0 Å². The van der Waals surface area contributed by atoms with Crippen LogP contribution in [0.5, 0.6) is 5.75 Å². The number of fused-ring (bicyclic) bond motifs is 1. The summed E-state index contributed by atoms with van der Waals surface area (Å²) in [6, 6.07) is 10.2. The summed E-state index contributed by atoms with van der Waals surface area (Å²) >= 11 is 6.74. The topological polar surface area (TPSA) is 75.7 Å². The first-order chi connectivity index (χ1) is 11.4. The van der Waals surface area contributed by atoms with Crippen molar-refractivity contribution in [2.45, 2.75) is 16.7 Å². The number of hydrogen-bond donors (Lipinski definition) is 1. The van der Waals surface area contributed by atoms with Gasteiger partial charge in [-0.1, -0.05) is 23.7 Å². The van der Waals surface area contributed by atoms with Gasteiger partial charge >= 0.3 is 0 Å². The first-order valence-electron chi connectivity index (χ1n) is 7.17. The summed E-state index contributed by atoms with van der Waals surface area (Å²) < 4.78 is 33.0. The van der Waals surface area contributed by atoms with E-state index >= 15 is 0 Å². The van der Waals surface area contributed by atoms with Crippen molar-refractivity contribution in [3.63, 3.8) is 0 Å². The Kier molecular flexibility index (Phi) is 4.82. The van der Waals surface area contributed by atoms with Gasteiger partial charge in [0.05, 0.1) is 10.0 Å². The van der Waals surface area contributed by atoms with Gasteiger partial charge in [-0.05, 0) is 24.3 Å².